The molecule has 0 spiro atoms. The maximum absolute atomic E-state index is 11.0. The summed E-state index contributed by atoms with van der Waals surface area (Å²) in [6.45, 7) is 0. The summed E-state index contributed by atoms with van der Waals surface area (Å²) in [5, 5.41) is 0. The van der Waals surface area contributed by atoms with Crippen LogP contribution in [0.4, 0.5) is 0 Å². The van der Waals surface area contributed by atoms with Gasteiger partial charge in [-0.05, 0) is 0 Å². The quantitative estimate of drug-likeness (QED) is 0.554. The highest BCUT2D eigenvalue weighted by Gasteiger charge is 2.23. The van der Waals surface area contributed by atoms with E-state index in [2.05, 4.69) is 9.97 Å². The lowest BCUT2D eigenvalue weighted by atomic mass is 9.89. The second kappa shape index (κ2) is 2.07. The number of fused-ring (bicyclic) bond motifs is 4. The van der Waals surface area contributed by atoms with E-state index in [-0.39, 0.29) is 5.56 Å². The van der Waals surface area contributed by atoms with Crippen molar-refractivity contribution in [1.29, 1.82) is 0 Å². The Labute approximate surface area is 74.1 Å². The molecule has 0 radical (unpaired) electrons. The minimum Gasteiger partial charge on any atom is -0.319 e. The lowest BCUT2D eigenvalue weighted by molar-refractivity contribution is 1.12. The fraction of sp³-hybridized carbons (Fsp3) is 0. The van der Waals surface area contributed by atoms with Crippen molar-refractivity contribution in [1.82, 2.24) is 9.97 Å². The molecule has 0 unspecified atom stereocenters. The highest BCUT2D eigenvalue weighted by atomic mass is 16.1. The van der Waals surface area contributed by atoms with Crippen molar-refractivity contribution >= 4 is 0 Å². The molecule has 3 nitrogen and oxygen atoms in total. The summed E-state index contributed by atoms with van der Waals surface area (Å²) in [6, 6.07) is 7.90. The molecule has 0 fully saturated rings. The van der Waals surface area contributed by atoms with E-state index >= 15 is 0 Å². The minimum absolute atomic E-state index is 0.145. The Balaban J connectivity index is 2.35. The zero-order valence-electron chi connectivity index (χ0n) is 6.74. The molecule has 0 amide bonds. The molecule has 1 aliphatic rings. The number of nitrogens with zero attached hydrogens (tertiary/aromatic N) is 1. The summed E-state index contributed by atoms with van der Waals surface area (Å²) in [5.74, 6) is 0. The molecule has 1 heterocycles. The first kappa shape index (κ1) is 6.60. The average molecular weight is 170 g/mol. The van der Waals surface area contributed by atoms with Crippen LogP contribution in [0.3, 0.4) is 0 Å². The van der Waals surface area contributed by atoms with Crippen LogP contribution in [0.2, 0.25) is 0 Å². The molecule has 1 aliphatic carbocycles. The van der Waals surface area contributed by atoms with Crippen LogP contribution in [-0.4, -0.2) is 9.97 Å². The van der Waals surface area contributed by atoms with Gasteiger partial charge in [-0.3, -0.25) is 4.79 Å². The van der Waals surface area contributed by atoms with Gasteiger partial charge in [0.05, 0.1) is 17.6 Å². The summed E-state index contributed by atoms with van der Waals surface area (Å²) >= 11 is 0. The fourth-order valence-electron chi connectivity index (χ4n) is 1.65. The van der Waals surface area contributed by atoms with Gasteiger partial charge in [0, 0.05) is 11.1 Å². The zero-order chi connectivity index (χ0) is 8.84. The number of nitrogens with one attached hydrogen (secondary N) is 1. The van der Waals surface area contributed by atoms with Gasteiger partial charge < -0.3 is 4.98 Å². The highest BCUT2D eigenvalue weighted by Crippen LogP contribution is 2.42. The summed E-state index contributed by atoms with van der Waals surface area (Å²) in [4.78, 5) is 17.8. The molecule has 0 saturated carbocycles. The summed E-state index contributed by atoms with van der Waals surface area (Å²) in [7, 11) is 0. The smallest absolute Gasteiger partial charge is 0.266 e. The number of hydrogen-bond donors (Lipinski definition) is 1. The first-order valence-corrected chi connectivity index (χ1v) is 4.05. The number of aromatic nitrogens is 2. The van der Waals surface area contributed by atoms with E-state index < -0.39 is 0 Å². The Morgan fingerprint density at radius 2 is 1.92 bits per heavy atom. The van der Waals surface area contributed by atoms with Crippen molar-refractivity contribution < 1.29 is 0 Å². The van der Waals surface area contributed by atoms with E-state index in [1.807, 2.05) is 24.3 Å². The van der Waals surface area contributed by atoms with E-state index in [0.717, 1.165) is 22.5 Å². The van der Waals surface area contributed by atoms with Gasteiger partial charge in [-0.2, -0.15) is 0 Å². The van der Waals surface area contributed by atoms with Crippen LogP contribution < -0.4 is 5.56 Å². The van der Waals surface area contributed by atoms with Crippen LogP contribution in [0.25, 0.3) is 22.5 Å². The third-order valence-corrected chi connectivity index (χ3v) is 2.25. The Bertz CT molecular complexity index is 543. The molecule has 0 bridgehead atoms. The van der Waals surface area contributed by atoms with E-state index in [1.165, 1.54) is 6.20 Å². The van der Waals surface area contributed by atoms with E-state index in [0.29, 0.717) is 0 Å². The van der Waals surface area contributed by atoms with Crippen LogP contribution in [0.1, 0.15) is 0 Å². The Hall–Kier alpha value is -1.90. The number of benzene rings is 1. The lowest BCUT2D eigenvalue weighted by Gasteiger charge is -2.20. The molecule has 1 aromatic carbocycles. The Morgan fingerprint density at radius 1 is 1.15 bits per heavy atom. The predicted octanol–water partition coefficient (Wildman–Crippen LogP) is 1.42. The van der Waals surface area contributed by atoms with Gasteiger partial charge in [0.2, 0.25) is 0 Å². The molecule has 62 valence electrons. The van der Waals surface area contributed by atoms with Crippen molar-refractivity contribution in [2.75, 3.05) is 0 Å². The normalized spacial score (nSPS) is 11.4. The first-order chi connectivity index (χ1) is 6.36. The van der Waals surface area contributed by atoms with Gasteiger partial charge >= 0.3 is 0 Å². The minimum atomic E-state index is -0.145. The molecule has 1 N–H and O–H groups in total. The standard InChI is InChI=1S/C10H6N2O/c13-8-5-11-9-6-3-1-2-4-7(6)10(9)12-8/h1-5H,(H,12,13). The second-order valence-corrected chi connectivity index (χ2v) is 3.02. The van der Waals surface area contributed by atoms with Crippen molar-refractivity contribution in [2.45, 2.75) is 0 Å². The van der Waals surface area contributed by atoms with Gasteiger partial charge in [-0.1, -0.05) is 24.3 Å². The number of hydrogen-bond acceptors (Lipinski definition) is 2. The molecule has 3 rings (SSSR count). The molecule has 0 saturated heterocycles. The van der Waals surface area contributed by atoms with Crippen molar-refractivity contribution in [2.24, 2.45) is 0 Å². The molecule has 3 heteroatoms. The van der Waals surface area contributed by atoms with Gasteiger partial charge in [0.15, 0.2) is 0 Å². The summed E-state index contributed by atoms with van der Waals surface area (Å²) in [6.07, 6.45) is 1.31. The molecule has 1 aromatic heterocycles. The number of aromatic amines is 1. The highest BCUT2D eigenvalue weighted by molar-refractivity contribution is 5.97. The van der Waals surface area contributed by atoms with Gasteiger partial charge in [-0.25, -0.2) is 4.98 Å². The molecule has 0 aliphatic heterocycles. The van der Waals surface area contributed by atoms with E-state index in [4.69, 9.17) is 0 Å². The topological polar surface area (TPSA) is 45.8 Å². The third-order valence-electron chi connectivity index (χ3n) is 2.25. The molecular weight excluding hydrogens is 164 g/mol. The number of rotatable bonds is 0. The fourth-order valence-corrected chi connectivity index (χ4v) is 1.65. The second-order valence-electron chi connectivity index (χ2n) is 3.02. The maximum Gasteiger partial charge on any atom is 0.266 e. The summed E-state index contributed by atoms with van der Waals surface area (Å²) < 4.78 is 0. The van der Waals surface area contributed by atoms with Gasteiger partial charge in [0.25, 0.3) is 5.56 Å². The van der Waals surface area contributed by atoms with Crippen molar-refractivity contribution in [3.63, 3.8) is 0 Å². The maximum atomic E-state index is 11.0. The van der Waals surface area contributed by atoms with Crippen LogP contribution in [0, 0.1) is 0 Å². The SMILES string of the molecule is O=c1cnc2c([nH]1)-c1ccccc1-2. The predicted molar refractivity (Wildman–Crippen MR) is 49.3 cm³/mol. The van der Waals surface area contributed by atoms with Gasteiger partial charge in [-0.15, -0.1) is 0 Å². The lowest BCUT2D eigenvalue weighted by Crippen LogP contribution is -2.13. The van der Waals surface area contributed by atoms with Crippen LogP contribution in [0.5, 0.6) is 0 Å². The van der Waals surface area contributed by atoms with Gasteiger partial charge in [0.1, 0.15) is 0 Å². The van der Waals surface area contributed by atoms with Crippen LogP contribution in [-0.2, 0) is 0 Å². The molecule has 0 atom stereocenters. The largest absolute Gasteiger partial charge is 0.319 e. The van der Waals surface area contributed by atoms with Crippen molar-refractivity contribution in [3.05, 3.63) is 40.8 Å². The monoisotopic (exact) mass is 170 g/mol. The Kier molecular flexibility index (Phi) is 1.05. The van der Waals surface area contributed by atoms with Crippen molar-refractivity contribution in [3.8, 4) is 22.5 Å². The summed E-state index contributed by atoms with van der Waals surface area (Å²) in [5.41, 5.74) is 3.82. The van der Waals surface area contributed by atoms with E-state index in [9.17, 15) is 4.79 Å². The van der Waals surface area contributed by atoms with E-state index in [1.54, 1.807) is 0 Å². The molecular formula is C10H6N2O. The third kappa shape index (κ3) is 0.731. The van der Waals surface area contributed by atoms with Crippen LogP contribution in [0.15, 0.2) is 35.3 Å². The Morgan fingerprint density at radius 3 is 2.77 bits per heavy atom. The zero-order valence-corrected chi connectivity index (χ0v) is 6.74. The number of H-pyrrole nitrogens is 1. The molecule has 13 heavy (non-hydrogen) atoms. The molecule has 2 aromatic rings. The van der Waals surface area contributed by atoms with Crippen LogP contribution >= 0.6 is 0 Å². The average Bonchev–Trinajstić information content (AvgIpc) is 2.15. The first-order valence-electron chi connectivity index (χ1n) is 4.05.